The molecular formula is C12H21N. The van der Waals surface area contributed by atoms with Gasteiger partial charge in [-0.25, -0.2) is 0 Å². The van der Waals surface area contributed by atoms with E-state index in [1.54, 1.807) is 0 Å². The smallest absolute Gasteiger partial charge is 0.0578 e. The highest BCUT2D eigenvalue weighted by molar-refractivity contribution is 4.99. The van der Waals surface area contributed by atoms with Gasteiger partial charge in [-0.05, 0) is 25.2 Å². The Hall–Kier alpha value is -0.480. The van der Waals surface area contributed by atoms with Crippen LogP contribution >= 0.6 is 0 Å². The van der Waals surface area contributed by atoms with Crippen molar-refractivity contribution < 1.29 is 0 Å². The summed E-state index contributed by atoms with van der Waals surface area (Å²) in [6, 6.07) is 0.669. The zero-order chi connectivity index (χ0) is 9.73. The molecule has 0 radical (unpaired) electrons. The zero-order valence-corrected chi connectivity index (χ0v) is 9.11. The van der Waals surface area contributed by atoms with Crippen LogP contribution < -0.4 is 5.32 Å². The molecule has 1 aliphatic carbocycles. The molecule has 1 rings (SSSR count). The molecule has 0 aliphatic heterocycles. The van der Waals surface area contributed by atoms with Crippen LogP contribution in [0.2, 0.25) is 0 Å². The molecule has 0 spiro atoms. The molecule has 1 heteroatoms. The summed E-state index contributed by atoms with van der Waals surface area (Å²) in [6.07, 6.45) is 5.44. The van der Waals surface area contributed by atoms with Gasteiger partial charge in [0, 0.05) is 6.04 Å². The van der Waals surface area contributed by atoms with Gasteiger partial charge in [0.25, 0.3) is 0 Å². The van der Waals surface area contributed by atoms with Gasteiger partial charge >= 0.3 is 0 Å². The lowest BCUT2D eigenvalue weighted by Gasteiger charge is -2.38. The highest BCUT2D eigenvalue weighted by atomic mass is 14.9. The van der Waals surface area contributed by atoms with Gasteiger partial charge in [0.15, 0.2) is 0 Å². The quantitative estimate of drug-likeness (QED) is 0.642. The fourth-order valence-corrected chi connectivity index (χ4v) is 2.14. The fourth-order valence-electron chi connectivity index (χ4n) is 2.14. The monoisotopic (exact) mass is 179 g/mol. The van der Waals surface area contributed by atoms with Gasteiger partial charge in [-0.2, -0.15) is 0 Å². The van der Waals surface area contributed by atoms with Crippen LogP contribution in [-0.2, 0) is 0 Å². The first-order valence-corrected chi connectivity index (χ1v) is 5.30. The van der Waals surface area contributed by atoms with Crippen molar-refractivity contribution in [2.45, 2.75) is 52.5 Å². The molecule has 0 bridgehead atoms. The summed E-state index contributed by atoms with van der Waals surface area (Å²) in [7, 11) is 0. The summed E-state index contributed by atoms with van der Waals surface area (Å²) in [4.78, 5) is 0. The molecule has 13 heavy (non-hydrogen) atoms. The van der Waals surface area contributed by atoms with Crippen molar-refractivity contribution in [3.8, 4) is 11.8 Å². The molecule has 1 N–H and O–H groups in total. The van der Waals surface area contributed by atoms with Gasteiger partial charge in [0.05, 0.1) is 6.54 Å². The number of hydrogen-bond acceptors (Lipinski definition) is 1. The average Bonchev–Trinajstić information content (AvgIpc) is 2.08. The molecule has 1 nitrogen and oxygen atoms in total. The maximum Gasteiger partial charge on any atom is 0.0578 e. The van der Waals surface area contributed by atoms with Crippen LogP contribution in [0.25, 0.3) is 0 Å². The number of hydrogen-bond donors (Lipinski definition) is 1. The van der Waals surface area contributed by atoms with E-state index in [0.717, 1.165) is 6.54 Å². The second-order valence-electron chi connectivity index (χ2n) is 4.59. The SMILES string of the molecule is CC#CCNC1CCCCC1(C)C. The summed E-state index contributed by atoms with van der Waals surface area (Å²) in [5.41, 5.74) is 0.466. The number of rotatable bonds is 2. The molecule has 0 heterocycles. The fraction of sp³-hybridized carbons (Fsp3) is 0.833. The third-order valence-corrected chi connectivity index (χ3v) is 3.12. The van der Waals surface area contributed by atoms with Crippen LogP contribution in [0.15, 0.2) is 0 Å². The van der Waals surface area contributed by atoms with E-state index in [2.05, 4.69) is 31.0 Å². The predicted octanol–water partition coefficient (Wildman–Crippen LogP) is 2.57. The van der Waals surface area contributed by atoms with Crippen molar-refractivity contribution in [1.82, 2.24) is 5.32 Å². The Morgan fingerprint density at radius 1 is 1.38 bits per heavy atom. The third-order valence-electron chi connectivity index (χ3n) is 3.12. The summed E-state index contributed by atoms with van der Waals surface area (Å²) in [5.74, 6) is 5.99. The first-order chi connectivity index (χ1) is 6.17. The molecule has 1 unspecified atom stereocenters. The first kappa shape index (κ1) is 10.6. The minimum absolute atomic E-state index is 0.466. The Labute approximate surface area is 82.3 Å². The second-order valence-corrected chi connectivity index (χ2v) is 4.59. The van der Waals surface area contributed by atoms with Crippen molar-refractivity contribution in [1.29, 1.82) is 0 Å². The zero-order valence-electron chi connectivity index (χ0n) is 9.11. The molecule has 1 aliphatic rings. The Balaban J connectivity index is 2.40. The highest BCUT2D eigenvalue weighted by Crippen LogP contribution is 2.35. The largest absolute Gasteiger partial charge is 0.303 e. The van der Waals surface area contributed by atoms with E-state index in [-0.39, 0.29) is 0 Å². The van der Waals surface area contributed by atoms with Crippen LogP contribution in [0.3, 0.4) is 0 Å². The Morgan fingerprint density at radius 2 is 2.15 bits per heavy atom. The lowest BCUT2D eigenvalue weighted by molar-refractivity contribution is 0.172. The molecule has 0 aromatic heterocycles. The standard InChI is InChI=1S/C12H21N/c1-4-5-10-13-11-8-6-7-9-12(11,2)3/h11,13H,6-10H2,1-3H3. The molecule has 1 saturated carbocycles. The van der Waals surface area contributed by atoms with Gasteiger partial charge < -0.3 is 5.32 Å². The van der Waals surface area contributed by atoms with E-state index in [1.807, 2.05) is 6.92 Å². The first-order valence-electron chi connectivity index (χ1n) is 5.30. The normalized spacial score (nSPS) is 26.2. The van der Waals surface area contributed by atoms with Gasteiger partial charge in [-0.15, -0.1) is 5.92 Å². The van der Waals surface area contributed by atoms with Crippen LogP contribution in [-0.4, -0.2) is 12.6 Å². The van der Waals surface area contributed by atoms with Crippen LogP contribution in [0.5, 0.6) is 0 Å². The van der Waals surface area contributed by atoms with Gasteiger partial charge in [-0.1, -0.05) is 32.6 Å². The summed E-state index contributed by atoms with van der Waals surface area (Å²) in [5, 5.41) is 3.54. The summed E-state index contributed by atoms with van der Waals surface area (Å²) in [6.45, 7) is 7.48. The van der Waals surface area contributed by atoms with E-state index in [4.69, 9.17) is 0 Å². The minimum atomic E-state index is 0.466. The predicted molar refractivity (Wildman–Crippen MR) is 57.5 cm³/mol. The van der Waals surface area contributed by atoms with E-state index >= 15 is 0 Å². The third kappa shape index (κ3) is 3.04. The van der Waals surface area contributed by atoms with Crippen LogP contribution in [0.1, 0.15) is 46.5 Å². The molecule has 74 valence electrons. The van der Waals surface area contributed by atoms with Crippen molar-refractivity contribution in [3.63, 3.8) is 0 Å². The minimum Gasteiger partial charge on any atom is -0.303 e. The Morgan fingerprint density at radius 3 is 2.77 bits per heavy atom. The van der Waals surface area contributed by atoms with E-state index in [0.29, 0.717) is 11.5 Å². The van der Waals surface area contributed by atoms with E-state index in [9.17, 15) is 0 Å². The van der Waals surface area contributed by atoms with Crippen molar-refractivity contribution >= 4 is 0 Å². The molecule has 0 aromatic carbocycles. The van der Waals surface area contributed by atoms with E-state index < -0.39 is 0 Å². The highest BCUT2D eigenvalue weighted by Gasteiger charge is 2.31. The van der Waals surface area contributed by atoms with Gasteiger partial charge in [-0.3, -0.25) is 0 Å². The van der Waals surface area contributed by atoms with Crippen molar-refractivity contribution in [2.75, 3.05) is 6.54 Å². The molecule has 0 saturated heterocycles. The van der Waals surface area contributed by atoms with E-state index in [1.165, 1.54) is 25.7 Å². The Bertz CT molecular complexity index is 207. The van der Waals surface area contributed by atoms with Crippen LogP contribution in [0.4, 0.5) is 0 Å². The van der Waals surface area contributed by atoms with Gasteiger partial charge in [0.2, 0.25) is 0 Å². The molecule has 0 amide bonds. The lowest BCUT2D eigenvalue weighted by atomic mass is 9.73. The second kappa shape index (κ2) is 4.67. The molecule has 0 aromatic rings. The van der Waals surface area contributed by atoms with Crippen molar-refractivity contribution in [3.05, 3.63) is 0 Å². The molecular weight excluding hydrogens is 158 g/mol. The summed E-state index contributed by atoms with van der Waals surface area (Å²) < 4.78 is 0. The van der Waals surface area contributed by atoms with Crippen LogP contribution in [0, 0.1) is 17.3 Å². The molecule has 1 fully saturated rings. The topological polar surface area (TPSA) is 12.0 Å². The summed E-state index contributed by atoms with van der Waals surface area (Å²) >= 11 is 0. The Kier molecular flexibility index (Phi) is 3.81. The van der Waals surface area contributed by atoms with Gasteiger partial charge in [0.1, 0.15) is 0 Å². The number of nitrogens with one attached hydrogen (secondary N) is 1. The lowest BCUT2D eigenvalue weighted by Crippen LogP contribution is -2.44. The molecule has 1 atom stereocenters. The maximum atomic E-state index is 3.54. The van der Waals surface area contributed by atoms with Crippen molar-refractivity contribution in [2.24, 2.45) is 5.41 Å². The average molecular weight is 179 g/mol. The maximum absolute atomic E-state index is 3.54.